The summed E-state index contributed by atoms with van der Waals surface area (Å²) in [7, 11) is 0. The highest BCUT2D eigenvalue weighted by molar-refractivity contribution is 6.00. The maximum absolute atomic E-state index is 12.2. The largest absolute Gasteiger partial charge is 0.454 e. The molecule has 0 heterocycles. The Bertz CT molecular complexity index is 863. The number of benzene rings is 2. The van der Waals surface area contributed by atoms with Crippen LogP contribution in [-0.4, -0.2) is 24.3 Å². The Balaban J connectivity index is 1.89. The zero-order valence-corrected chi connectivity index (χ0v) is 15.2. The molecule has 0 unspecified atom stereocenters. The number of ether oxygens (including phenoxy) is 1. The number of Topliss-reactive ketones (excluding diaryl/α,β-unsaturated/α-hetero) is 1. The highest BCUT2D eigenvalue weighted by Gasteiger charge is 2.12. The fourth-order valence-corrected chi connectivity index (χ4v) is 2.30. The standard InChI is InChI=1S/C21H20N2O4/c1-14(2)11-20(25)23-18-9-7-16(8-10-18)19(24)13-27-21(26)17-5-3-15(12-22)4-6-17/h3-10,14H,11,13H2,1-2H3,(H,23,25). The average molecular weight is 364 g/mol. The molecule has 27 heavy (non-hydrogen) atoms. The van der Waals surface area contributed by atoms with E-state index in [0.29, 0.717) is 23.2 Å². The van der Waals surface area contributed by atoms with E-state index in [1.165, 1.54) is 24.3 Å². The fourth-order valence-electron chi connectivity index (χ4n) is 2.30. The number of carbonyl (C=O) groups is 3. The van der Waals surface area contributed by atoms with Gasteiger partial charge in [0.25, 0.3) is 0 Å². The van der Waals surface area contributed by atoms with Crippen LogP contribution in [0.1, 0.15) is 46.5 Å². The van der Waals surface area contributed by atoms with Crippen molar-refractivity contribution in [2.24, 2.45) is 5.92 Å². The molecule has 0 aliphatic rings. The Morgan fingerprint density at radius 2 is 1.59 bits per heavy atom. The van der Waals surface area contributed by atoms with Gasteiger partial charge in [-0.1, -0.05) is 13.8 Å². The molecule has 2 aromatic rings. The van der Waals surface area contributed by atoms with Crippen LogP contribution in [0.25, 0.3) is 0 Å². The van der Waals surface area contributed by atoms with E-state index in [-0.39, 0.29) is 23.2 Å². The number of nitrogens with one attached hydrogen (secondary N) is 1. The lowest BCUT2D eigenvalue weighted by atomic mass is 10.1. The van der Waals surface area contributed by atoms with Gasteiger partial charge in [0.2, 0.25) is 5.91 Å². The molecular weight excluding hydrogens is 344 g/mol. The van der Waals surface area contributed by atoms with Crippen molar-refractivity contribution < 1.29 is 19.1 Å². The van der Waals surface area contributed by atoms with Gasteiger partial charge in [0.1, 0.15) is 0 Å². The Hall–Kier alpha value is -3.46. The molecule has 0 saturated heterocycles. The van der Waals surface area contributed by atoms with Crippen LogP contribution >= 0.6 is 0 Å². The van der Waals surface area contributed by atoms with E-state index in [1.54, 1.807) is 24.3 Å². The van der Waals surface area contributed by atoms with Crippen LogP contribution in [0.2, 0.25) is 0 Å². The number of nitrogens with zero attached hydrogens (tertiary/aromatic N) is 1. The van der Waals surface area contributed by atoms with Crippen LogP contribution < -0.4 is 5.32 Å². The Kier molecular flexibility index (Phi) is 6.84. The molecule has 2 aromatic carbocycles. The van der Waals surface area contributed by atoms with E-state index in [4.69, 9.17) is 10.00 Å². The first-order valence-corrected chi connectivity index (χ1v) is 8.49. The van der Waals surface area contributed by atoms with Gasteiger partial charge in [-0.25, -0.2) is 4.79 Å². The van der Waals surface area contributed by atoms with Crippen molar-refractivity contribution in [1.82, 2.24) is 0 Å². The second kappa shape index (κ2) is 9.30. The molecule has 1 amide bonds. The number of hydrogen-bond acceptors (Lipinski definition) is 5. The molecule has 138 valence electrons. The van der Waals surface area contributed by atoms with Crippen molar-refractivity contribution >= 4 is 23.3 Å². The SMILES string of the molecule is CC(C)CC(=O)Nc1ccc(C(=O)COC(=O)c2ccc(C#N)cc2)cc1. The number of hydrogen-bond donors (Lipinski definition) is 1. The number of amides is 1. The van der Waals surface area contributed by atoms with Gasteiger partial charge >= 0.3 is 5.97 Å². The van der Waals surface area contributed by atoms with Crippen molar-refractivity contribution in [2.75, 3.05) is 11.9 Å². The minimum Gasteiger partial charge on any atom is -0.454 e. The molecular formula is C21H20N2O4. The third-order valence-electron chi connectivity index (χ3n) is 3.67. The molecule has 0 aliphatic carbocycles. The zero-order valence-electron chi connectivity index (χ0n) is 15.2. The summed E-state index contributed by atoms with van der Waals surface area (Å²) in [5.74, 6) is -0.806. The van der Waals surface area contributed by atoms with Gasteiger partial charge < -0.3 is 10.1 Å². The second-order valence-electron chi connectivity index (χ2n) is 6.41. The molecule has 0 saturated carbocycles. The Labute approximate surface area is 157 Å². The molecule has 0 radical (unpaired) electrons. The number of nitriles is 1. The van der Waals surface area contributed by atoms with Crippen LogP contribution in [0, 0.1) is 17.2 Å². The van der Waals surface area contributed by atoms with Crippen molar-refractivity contribution in [1.29, 1.82) is 5.26 Å². The number of ketones is 1. The normalized spacial score (nSPS) is 10.1. The lowest BCUT2D eigenvalue weighted by Crippen LogP contribution is -2.15. The summed E-state index contributed by atoms with van der Waals surface area (Å²) in [6, 6.07) is 14.3. The van der Waals surface area contributed by atoms with Gasteiger partial charge in [0, 0.05) is 17.7 Å². The fraction of sp³-hybridized carbons (Fsp3) is 0.238. The summed E-state index contributed by atoms with van der Waals surface area (Å²) < 4.78 is 5.02. The van der Waals surface area contributed by atoms with Gasteiger partial charge in [-0.3, -0.25) is 9.59 Å². The first kappa shape index (κ1) is 19.9. The van der Waals surface area contributed by atoms with Gasteiger partial charge in [-0.2, -0.15) is 5.26 Å². The summed E-state index contributed by atoms with van der Waals surface area (Å²) in [4.78, 5) is 35.8. The smallest absolute Gasteiger partial charge is 0.338 e. The van der Waals surface area contributed by atoms with Gasteiger partial charge in [0.15, 0.2) is 12.4 Å². The number of carbonyl (C=O) groups excluding carboxylic acids is 3. The maximum atomic E-state index is 12.2. The zero-order chi connectivity index (χ0) is 19.8. The minimum atomic E-state index is -0.634. The van der Waals surface area contributed by atoms with E-state index in [1.807, 2.05) is 19.9 Å². The third kappa shape index (κ3) is 6.08. The third-order valence-corrected chi connectivity index (χ3v) is 3.67. The molecule has 6 heteroatoms. The second-order valence-corrected chi connectivity index (χ2v) is 6.41. The quantitative estimate of drug-likeness (QED) is 0.598. The summed E-state index contributed by atoms with van der Waals surface area (Å²) in [5, 5.41) is 11.5. The predicted octanol–water partition coefficient (Wildman–Crippen LogP) is 3.58. The van der Waals surface area contributed by atoms with Crippen LogP contribution in [0.3, 0.4) is 0 Å². The van der Waals surface area contributed by atoms with E-state index < -0.39 is 12.6 Å². The van der Waals surface area contributed by atoms with Crippen LogP contribution in [0.4, 0.5) is 5.69 Å². The summed E-state index contributed by atoms with van der Waals surface area (Å²) >= 11 is 0. The number of esters is 1. The lowest BCUT2D eigenvalue weighted by Gasteiger charge is -2.08. The topological polar surface area (TPSA) is 96.3 Å². The molecule has 0 atom stereocenters. The summed E-state index contributed by atoms with van der Waals surface area (Å²) in [5.41, 5.74) is 1.68. The highest BCUT2D eigenvalue weighted by atomic mass is 16.5. The molecule has 0 aromatic heterocycles. The monoisotopic (exact) mass is 364 g/mol. The predicted molar refractivity (Wildman–Crippen MR) is 100 cm³/mol. The maximum Gasteiger partial charge on any atom is 0.338 e. The summed E-state index contributed by atoms with van der Waals surface area (Å²) in [6.07, 6.45) is 0.423. The van der Waals surface area contributed by atoms with E-state index >= 15 is 0 Å². The number of rotatable bonds is 7. The van der Waals surface area contributed by atoms with Crippen LogP contribution in [-0.2, 0) is 9.53 Å². The van der Waals surface area contributed by atoms with E-state index in [2.05, 4.69) is 5.32 Å². The average Bonchev–Trinajstić information content (AvgIpc) is 2.65. The molecule has 0 spiro atoms. The minimum absolute atomic E-state index is 0.0829. The molecule has 6 nitrogen and oxygen atoms in total. The molecule has 0 aliphatic heterocycles. The first-order chi connectivity index (χ1) is 12.9. The molecule has 2 rings (SSSR count). The van der Waals surface area contributed by atoms with Gasteiger partial charge in [-0.15, -0.1) is 0 Å². The van der Waals surface area contributed by atoms with Crippen molar-refractivity contribution in [3.05, 3.63) is 65.2 Å². The lowest BCUT2D eigenvalue weighted by molar-refractivity contribution is -0.116. The van der Waals surface area contributed by atoms with Crippen LogP contribution in [0.5, 0.6) is 0 Å². The summed E-state index contributed by atoms with van der Waals surface area (Å²) in [6.45, 7) is 3.53. The van der Waals surface area contributed by atoms with Crippen molar-refractivity contribution in [3.8, 4) is 6.07 Å². The van der Waals surface area contributed by atoms with Gasteiger partial charge in [-0.05, 0) is 54.4 Å². The number of anilines is 1. The molecule has 1 N–H and O–H groups in total. The van der Waals surface area contributed by atoms with E-state index in [9.17, 15) is 14.4 Å². The Morgan fingerprint density at radius 1 is 1.00 bits per heavy atom. The van der Waals surface area contributed by atoms with Crippen molar-refractivity contribution in [2.45, 2.75) is 20.3 Å². The van der Waals surface area contributed by atoms with Crippen LogP contribution in [0.15, 0.2) is 48.5 Å². The molecule has 0 fully saturated rings. The molecule has 0 bridgehead atoms. The van der Waals surface area contributed by atoms with E-state index in [0.717, 1.165) is 0 Å². The van der Waals surface area contributed by atoms with Gasteiger partial charge in [0.05, 0.1) is 17.2 Å². The van der Waals surface area contributed by atoms with Crippen molar-refractivity contribution in [3.63, 3.8) is 0 Å². The Morgan fingerprint density at radius 3 is 2.15 bits per heavy atom. The first-order valence-electron chi connectivity index (χ1n) is 8.49. The highest BCUT2D eigenvalue weighted by Crippen LogP contribution is 2.12.